The summed E-state index contributed by atoms with van der Waals surface area (Å²) in [4.78, 5) is 0. The molecule has 0 heterocycles. The minimum absolute atomic E-state index is 0.313. The van der Waals surface area contributed by atoms with Crippen molar-refractivity contribution in [1.82, 2.24) is 0 Å². The van der Waals surface area contributed by atoms with E-state index in [0.29, 0.717) is 17.8 Å². The molecule has 0 radical (unpaired) electrons. The summed E-state index contributed by atoms with van der Waals surface area (Å²) in [7, 11) is 0. The van der Waals surface area contributed by atoms with Crippen molar-refractivity contribution in [3.63, 3.8) is 0 Å². The molecule has 100 valence electrons. The number of nitrogens with one attached hydrogen (secondary N) is 1. The summed E-state index contributed by atoms with van der Waals surface area (Å²) in [6.45, 7) is 0.313. The van der Waals surface area contributed by atoms with Gasteiger partial charge in [0.2, 0.25) is 0 Å². The molecule has 0 aromatic heterocycles. The molecule has 0 aliphatic heterocycles. The molecule has 2 rings (SSSR count). The fourth-order valence-corrected chi connectivity index (χ4v) is 1.71. The van der Waals surface area contributed by atoms with Gasteiger partial charge in [-0.05, 0) is 35.9 Å². The van der Waals surface area contributed by atoms with Gasteiger partial charge < -0.3 is 11.1 Å². The molecule has 0 saturated carbocycles. The minimum Gasteiger partial charge on any atom is -0.399 e. The molecule has 3 N–H and O–H groups in total. The molecule has 0 spiro atoms. The Hall–Kier alpha value is -2.17. The third-order valence-corrected chi connectivity index (χ3v) is 2.64. The molecule has 0 aliphatic rings. The number of alkyl halides is 3. The summed E-state index contributed by atoms with van der Waals surface area (Å²) in [6, 6.07) is 12.3. The maximum absolute atomic E-state index is 12.5. The number of anilines is 2. The summed E-state index contributed by atoms with van der Waals surface area (Å²) in [6.07, 6.45) is -4.31. The first-order chi connectivity index (χ1) is 8.95. The topological polar surface area (TPSA) is 38.0 Å². The van der Waals surface area contributed by atoms with Crippen molar-refractivity contribution in [1.29, 1.82) is 0 Å². The maximum Gasteiger partial charge on any atom is 0.416 e. The zero-order chi connectivity index (χ0) is 13.9. The van der Waals surface area contributed by atoms with Crippen molar-refractivity contribution in [3.8, 4) is 0 Å². The number of nitrogen functional groups attached to an aromatic ring is 1. The van der Waals surface area contributed by atoms with E-state index in [1.165, 1.54) is 6.07 Å². The Bertz CT molecular complexity index is 565. The third-order valence-electron chi connectivity index (χ3n) is 2.64. The molecule has 0 saturated heterocycles. The first-order valence-electron chi connectivity index (χ1n) is 5.71. The Morgan fingerprint density at radius 1 is 1.00 bits per heavy atom. The fourth-order valence-electron chi connectivity index (χ4n) is 1.71. The summed E-state index contributed by atoms with van der Waals surface area (Å²) >= 11 is 0. The van der Waals surface area contributed by atoms with Crippen LogP contribution >= 0.6 is 0 Å². The van der Waals surface area contributed by atoms with Crippen LogP contribution in [0.3, 0.4) is 0 Å². The molecule has 0 unspecified atom stereocenters. The van der Waals surface area contributed by atoms with E-state index in [0.717, 1.165) is 17.8 Å². The van der Waals surface area contributed by atoms with Crippen LogP contribution in [0, 0.1) is 0 Å². The number of halogens is 3. The van der Waals surface area contributed by atoms with E-state index in [1.807, 2.05) is 6.07 Å². The van der Waals surface area contributed by atoms with Crippen molar-refractivity contribution >= 4 is 11.4 Å². The van der Waals surface area contributed by atoms with E-state index in [4.69, 9.17) is 5.73 Å². The molecule has 0 amide bonds. The van der Waals surface area contributed by atoms with Crippen LogP contribution in [0.4, 0.5) is 24.5 Å². The van der Waals surface area contributed by atoms with E-state index in [9.17, 15) is 13.2 Å². The van der Waals surface area contributed by atoms with Crippen LogP contribution in [0.2, 0.25) is 0 Å². The largest absolute Gasteiger partial charge is 0.416 e. The second kappa shape index (κ2) is 5.22. The second-order valence-electron chi connectivity index (χ2n) is 4.18. The Kier molecular flexibility index (Phi) is 3.64. The van der Waals surface area contributed by atoms with E-state index in [1.54, 1.807) is 24.3 Å². The summed E-state index contributed by atoms with van der Waals surface area (Å²) in [5.74, 6) is 0. The van der Waals surface area contributed by atoms with Crippen molar-refractivity contribution in [2.75, 3.05) is 11.1 Å². The van der Waals surface area contributed by atoms with Gasteiger partial charge in [-0.2, -0.15) is 13.2 Å². The van der Waals surface area contributed by atoms with E-state index < -0.39 is 11.7 Å². The average Bonchev–Trinajstić information content (AvgIpc) is 2.36. The molecule has 2 aromatic rings. The van der Waals surface area contributed by atoms with Gasteiger partial charge in [-0.25, -0.2) is 0 Å². The highest BCUT2D eigenvalue weighted by Gasteiger charge is 2.30. The van der Waals surface area contributed by atoms with Gasteiger partial charge >= 0.3 is 6.18 Å². The van der Waals surface area contributed by atoms with Crippen LogP contribution in [-0.2, 0) is 12.7 Å². The number of nitrogens with two attached hydrogens (primary N) is 1. The smallest absolute Gasteiger partial charge is 0.399 e. The van der Waals surface area contributed by atoms with Crippen LogP contribution in [-0.4, -0.2) is 0 Å². The highest BCUT2D eigenvalue weighted by atomic mass is 19.4. The molecule has 0 aliphatic carbocycles. The Morgan fingerprint density at radius 2 is 1.74 bits per heavy atom. The number of hydrogen-bond acceptors (Lipinski definition) is 2. The van der Waals surface area contributed by atoms with Crippen LogP contribution < -0.4 is 11.1 Å². The Labute approximate surface area is 109 Å². The lowest BCUT2D eigenvalue weighted by Crippen LogP contribution is -2.06. The van der Waals surface area contributed by atoms with Crippen LogP contribution in [0.25, 0.3) is 0 Å². The number of hydrogen-bond donors (Lipinski definition) is 2. The van der Waals surface area contributed by atoms with Gasteiger partial charge in [0.25, 0.3) is 0 Å². The highest BCUT2D eigenvalue weighted by molar-refractivity contribution is 5.54. The van der Waals surface area contributed by atoms with Crippen molar-refractivity contribution in [3.05, 3.63) is 59.7 Å². The lowest BCUT2D eigenvalue weighted by atomic mass is 10.1. The average molecular weight is 266 g/mol. The minimum atomic E-state index is -4.31. The van der Waals surface area contributed by atoms with Gasteiger partial charge in [0.1, 0.15) is 0 Å². The normalized spacial score (nSPS) is 11.3. The zero-order valence-corrected chi connectivity index (χ0v) is 10.0. The first kappa shape index (κ1) is 13.3. The molecular formula is C14H13F3N2. The van der Waals surface area contributed by atoms with E-state index >= 15 is 0 Å². The maximum atomic E-state index is 12.5. The number of benzene rings is 2. The SMILES string of the molecule is Nc1cccc(NCc2cccc(C(F)(F)F)c2)c1. The van der Waals surface area contributed by atoms with Gasteiger partial charge in [-0.15, -0.1) is 0 Å². The van der Waals surface area contributed by atoms with Gasteiger partial charge in [-0.3, -0.25) is 0 Å². The quantitative estimate of drug-likeness (QED) is 0.827. The fraction of sp³-hybridized carbons (Fsp3) is 0.143. The van der Waals surface area contributed by atoms with Gasteiger partial charge in [0.05, 0.1) is 5.56 Å². The van der Waals surface area contributed by atoms with Crippen LogP contribution in [0.1, 0.15) is 11.1 Å². The van der Waals surface area contributed by atoms with Gasteiger partial charge in [0, 0.05) is 17.9 Å². The molecular weight excluding hydrogens is 253 g/mol. The monoisotopic (exact) mass is 266 g/mol. The van der Waals surface area contributed by atoms with E-state index in [-0.39, 0.29) is 0 Å². The molecule has 2 aromatic carbocycles. The molecule has 0 atom stereocenters. The molecule has 2 nitrogen and oxygen atoms in total. The summed E-state index contributed by atoms with van der Waals surface area (Å²) in [5.41, 5.74) is 6.93. The van der Waals surface area contributed by atoms with Crippen molar-refractivity contribution < 1.29 is 13.2 Å². The molecule has 0 fully saturated rings. The van der Waals surface area contributed by atoms with E-state index in [2.05, 4.69) is 5.32 Å². The second-order valence-corrected chi connectivity index (χ2v) is 4.18. The lowest BCUT2D eigenvalue weighted by Gasteiger charge is -2.10. The standard InChI is InChI=1S/C14H13F3N2/c15-14(16,17)11-4-1-3-10(7-11)9-19-13-6-2-5-12(18)8-13/h1-8,19H,9,18H2. The summed E-state index contributed by atoms with van der Waals surface area (Å²) in [5, 5.41) is 3.03. The van der Waals surface area contributed by atoms with Gasteiger partial charge in [-0.1, -0.05) is 18.2 Å². The van der Waals surface area contributed by atoms with Gasteiger partial charge in [0.15, 0.2) is 0 Å². The molecule has 5 heteroatoms. The Morgan fingerprint density at radius 3 is 2.42 bits per heavy atom. The zero-order valence-electron chi connectivity index (χ0n) is 10.0. The molecule has 19 heavy (non-hydrogen) atoms. The predicted molar refractivity (Wildman–Crippen MR) is 69.6 cm³/mol. The lowest BCUT2D eigenvalue weighted by molar-refractivity contribution is -0.137. The van der Waals surface area contributed by atoms with Crippen molar-refractivity contribution in [2.45, 2.75) is 12.7 Å². The van der Waals surface area contributed by atoms with Crippen LogP contribution in [0.5, 0.6) is 0 Å². The first-order valence-corrected chi connectivity index (χ1v) is 5.71. The van der Waals surface area contributed by atoms with Crippen LogP contribution in [0.15, 0.2) is 48.5 Å². The summed E-state index contributed by atoms with van der Waals surface area (Å²) < 4.78 is 37.6. The van der Waals surface area contributed by atoms with Crippen molar-refractivity contribution in [2.24, 2.45) is 0 Å². The predicted octanol–water partition coefficient (Wildman–Crippen LogP) is 3.90. The third kappa shape index (κ3) is 3.64. The Balaban J connectivity index is 2.08. The molecule has 0 bridgehead atoms. The highest BCUT2D eigenvalue weighted by Crippen LogP contribution is 2.29. The number of rotatable bonds is 3.